The third kappa shape index (κ3) is 8.77. The number of carbonyl (C=O) groups is 5. The number of aromatic nitrogens is 1. The van der Waals surface area contributed by atoms with Gasteiger partial charge in [-0.3, -0.25) is 28.7 Å². The van der Waals surface area contributed by atoms with Crippen LogP contribution in [0.1, 0.15) is 70.6 Å². The van der Waals surface area contributed by atoms with E-state index in [0.717, 1.165) is 24.8 Å². The van der Waals surface area contributed by atoms with E-state index in [1.54, 1.807) is 30.2 Å². The van der Waals surface area contributed by atoms with E-state index in [2.05, 4.69) is 15.4 Å². The minimum absolute atomic E-state index is 0.00245. The Balaban J connectivity index is 1.14. The van der Waals surface area contributed by atoms with Crippen molar-refractivity contribution in [1.29, 1.82) is 0 Å². The lowest BCUT2D eigenvalue weighted by molar-refractivity contribution is -0.144. The Morgan fingerprint density at radius 2 is 1.78 bits per heavy atom. The molecule has 16 heteroatoms. The van der Waals surface area contributed by atoms with Crippen LogP contribution < -0.4 is 24.8 Å². The van der Waals surface area contributed by atoms with Crippen molar-refractivity contribution in [3.8, 4) is 22.8 Å². The number of hydrogen-bond donors (Lipinski definition) is 3. The zero-order valence-corrected chi connectivity index (χ0v) is 33.9. The highest BCUT2D eigenvalue weighted by Crippen LogP contribution is 2.46. The second-order valence-corrected chi connectivity index (χ2v) is 18.2. The summed E-state index contributed by atoms with van der Waals surface area (Å²) in [6, 6.07) is 14.3. The fourth-order valence-corrected chi connectivity index (χ4v) is 9.80. The van der Waals surface area contributed by atoms with E-state index in [1.807, 2.05) is 48.5 Å². The molecule has 5 amide bonds. The number of carbonyl (C=O) groups excluding carboxylic acids is 5. The maximum Gasteiger partial charge on any atom is 0.259 e. The van der Waals surface area contributed by atoms with Gasteiger partial charge in [0.05, 0.1) is 36.5 Å². The van der Waals surface area contributed by atoms with Gasteiger partial charge in [0.25, 0.3) is 5.91 Å². The van der Waals surface area contributed by atoms with Crippen molar-refractivity contribution in [1.82, 2.24) is 30.1 Å². The lowest BCUT2D eigenvalue weighted by Gasteiger charge is -2.31. The van der Waals surface area contributed by atoms with Crippen LogP contribution in [0.25, 0.3) is 22.2 Å². The summed E-state index contributed by atoms with van der Waals surface area (Å²) in [5.74, 6) is -2.25. The molecule has 312 valence electrons. The number of allylic oxidation sites excluding steroid dienone is 1. The van der Waals surface area contributed by atoms with Gasteiger partial charge in [-0.25, -0.2) is 13.4 Å². The second kappa shape index (κ2) is 16.6. The molecule has 0 bridgehead atoms. The molecule has 15 nitrogen and oxygen atoms in total. The molecule has 2 aliphatic carbocycles. The van der Waals surface area contributed by atoms with E-state index < -0.39 is 68.5 Å². The zero-order chi connectivity index (χ0) is 41.3. The first-order valence-electron chi connectivity index (χ1n) is 20.6. The van der Waals surface area contributed by atoms with Crippen LogP contribution in [0.4, 0.5) is 0 Å². The van der Waals surface area contributed by atoms with E-state index in [4.69, 9.17) is 14.5 Å². The topological polar surface area (TPSA) is 193 Å². The van der Waals surface area contributed by atoms with Crippen molar-refractivity contribution < 1.29 is 41.9 Å². The van der Waals surface area contributed by atoms with E-state index >= 15 is 0 Å². The average molecular weight is 827 g/mol. The predicted molar refractivity (Wildman–Crippen MR) is 217 cm³/mol. The monoisotopic (exact) mass is 826 g/mol. The van der Waals surface area contributed by atoms with Gasteiger partial charge in [0.2, 0.25) is 33.7 Å². The smallest absolute Gasteiger partial charge is 0.259 e. The lowest BCUT2D eigenvalue weighted by atomic mass is 10.1. The summed E-state index contributed by atoms with van der Waals surface area (Å²) in [7, 11) is -2.37. The second-order valence-electron chi connectivity index (χ2n) is 16.3. The van der Waals surface area contributed by atoms with Gasteiger partial charge >= 0.3 is 0 Å². The summed E-state index contributed by atoms with van der Waals surface area (Å²) in [4.78, 5) is 78.1. The van der Waals surface area contributed by atoms with Crippen LogP contribution in [0.5, 0.6) is 11.5 Å². The van der Waals surface area contributed by atoms with Crippen molar-refractivity contribution in [2.24, 2.45) is 5.92 Å². The average Bonchev–Trinajstić information content (AvgIpc) is 4.17. The molecule has 5 atom stereocenters. The molecule has 59 heavy (non-hydrogen) atoms. The molecule has 3 aromatic rings. The molecule has 1 aromatic heterocycles. The van der Waals surface area contributed by atoms with Gasteiger partial charge in [0.15, 0.2) is 0 Å². The highest BCUT2D eigenvalue weighted by molar-refractivity contribution is 7.91. The number of methoxy groups -OCH3 is 1. The molecule has 2 saturated heterocycles. The number of hydrogen-bond acceptors (Lipinski definition) is 10. The Bertz CT molecular complexity index is 2280. The van der Waals surface area contributed by atoms with Gasteiger partial charge in [-0.2, -0.15) is 0 Å². The normalized spacial score (nSPS) is 26.4. The molecule has 5 aliphatic rings. The first-order valence-corrected chi connectivity index (χ1v) is 22.1. The Morgan fingerprint density at radius 3 is 2.53 bits per heavy atom. The van der Waals surface area contributed by atoms with Crippen molar-refractivity contribution >= 4 is 50.5 Å². The van der Waals surface area contributed by atoms with Gasteiger partial charge in [-0.15, -0.1) is 0 Å². The Morgan fingerprint density at radius 1 is 1.00 bits per heavy atom. The molecule has 3 N–H and O–H groups in total. The number of rotatable bonds is 9. The van der Waals surface area contributed by atoms with Crippen LogP contribution in [0.2, 0.25) is 0 Å². The number of benzene rings is 2. The third-order valence-corrected chi connectivity index (χ3v) is 13.8. The molecule has 4 fully saturated rings. The highest BCUT2D eigenvalue weighted by Gasteiger charge is 2.62. The van der Waals surface area contributed by atoms with Crippen molar-refractivity contribution in [2.45, 2.75) is 99.6 Å². The molecular weight excluding hydrogens is 777 g/mol. The van der Waals surface area contributed by atoms with Crippen LogP contribution in [-0.4, -0.2) is 108 Å². The maximum absolute atomic E-state index is 14.8. The predicted octanol–water partition coefficient (Wildman–Crippen LogP) is 3.37. The van der Waals surface area contributed by atoms with E-state index in [0.29, 0.717) is 66.9 Å². The molecule has 0 radical (unpaired) electrons. The lowest BCUT2D eigenvalue weighted by Crippen LogP contribution is -2.58. The molecule has 2 saturated carbocycles. The van der Waals surface area contributed by atoms with Crippen molar-refractivity contribution in [2.75, 3.05) is 26.7 Å². The van der Waals surface area contributed by atoms with E-state index in [-0.39, 0.29) is 38.1 Å². The van der Waals surface area contributed by atoms with Crippen LogP contribution in [0.3, 0.4) is 0 Å². The number of ether oxygens (including phenoxy) is 2. The molecular formula is C43H50N6O9S. The van der Waals surface area contributed by atoms with E-state index in [1.165, 1.54) is 4.90 Å². The standard InChI is InChI=1S/C43H50N6O9S/c1-57-29-15-18-32-34(21-29)44-33(27-11-5-2-6-12-27)23-37(32)58-30-22-36-40(52)46-43(42(54)47-59(55,56)31-16-17-31)25-28(43)13-7-3-8-14-38(50)45-35(41(53)49(36)26-30)24-39(51)48-19-9-4-10-20-48/h2,5-7,11-13,15,18,21,23,28,30-31,35-36H,3-4,8-10,14,16-17,19-20,22,24-26H2,1H3,(H,45,50)(H,46,52)(H,47,54)/t28-,30-,35+,36+,43-/m1/s1. The molecule has 8 rings (SSSR count). The van der Waals surface area contributed by atoms with Crippen LogP contribution in [0.15, 0.2) is 66.7 Å². The van der Waals surface area contributed by atoms with E-state index in [9.17, 15) is 32.4 Å². The molecule has 3 aliphatic heterocycles. The van der Waals surface area contributed by atoms with Gasteiger partial charge in [0, 0.05) is 54.9 Å². The molecule has 2 aromatic carbocycles. The maximum atomic E-state index is 14.8. The Kier molecular flexibility index (Phi) is 11.3. The number of amides is 5. The van der Waals surface area contributed by atoms with Crippen molar-refractivity contribution in [3.63, 3.8) is 0 Å². The summed E-state index contributed by atoms with van der Waals surface area (Å²) >= 11 is 0. The summed E-state index contributed by atoms with van der Waals surface area (Å²) < 4.78 is 40.3. The number of pyridine rings is 1. The fraction of sp³-hybridized carbons (Fsp3) is 0.488. The summed E-state index contributed by atoms with van der Waals surface area (Å²) in [5, 5.41) is 5.71. The Hall–Kier alpha value is -5.51. The van der Waals surface area contributed by atoms with Gasteiger partial charge in [-0.05, 0) is 63.5 Å². The quantitative estimate of drug-likeness (QED) is 0.270. The molecule has 0 spiro atoms. The Labute approximate surface area is 343 Å². The molecule has 4 heterocycles. The number of likely N-dealkylation sites (tertiary alicyclic amines) is 1. The SMILES string of the molecule is COc1ccc2c(O[C@@H]3C[C@H]4C(=O)N[C@]5(C(=O)NS(=O)(=O)C6CC6)C[C@H]5C=CCCCC(=O)N[C@@H](CC(=O)N5CCCCC5)C(=O)N4C3)cc(-c3ccccc3)nc2c1. The fourth-order valence-electron chi connectivity index (χ4n) is 8.43. The third-order valence-electron chi connectivity index (χ3n) is 12.0. The first-order chi connectivity index (χ1) is 28.4. The largest absolute Gasteiger partial charge is 0.497 e. The van der Waals surface area contributed by atoms with Gasteiger partial charge < -0.3 is 29.9 Å². The van der Waals surface area contributed by atoms with Gasteiger partial charge in [0.1, 0.15) is 35.2 Å². The van der Waals surface area contributed by atoms with Crippen LogP contribution >= 0.6 is 0 Å². The van der Waals surface area contributed by atoms with Crippen LogP contribution in [-0.2, 0) is 34.0 Å². The minimum atomic E-state index is -3.93. The summed E-state index contributed by atoms with van der Waals surface area (Å²) in [5.41, 5.74) is 0.506. The number of fused-ring (bicyclic) bond motifs is 3. The number of nitrogens with zero attached hydrogens (tertiary/aromatic N) is 3. The minimum Gasteiger partial charge on any atom is -0.497 e. The first kappa shape index (κ1) is 40.3. The van der Waals surface area contributed by atoms with Crippen molar-refractivity contribution in [3.05, 3.63) is 66.7 Å². The van der Waals surface area contributed by atoms with Gasteiger partial charge in [-0.1, -0.05) is 42.5 Å². The number of nitrogens with one attached hydrogen (secondary N) is 3. The highest BCUT2D eigenvalue weighted by atomic mass is 32.2. The summed E-state index contributed by atoms with van der Waals surface area (Å²) in [6.07, 6.45) is 7.28. The summed E-state index contributed by atoms with van der Waals surface area (Å²) in [6.45, 7) is 1.03. The van der Waals surface area contributed by atoms with Crippen LogP contribution in [0, 0.1) is 5.92 Å². The molecule has 0 unspecified atom stereocenters. The number of piperidine rings is 1. The zero-order valence-electron chi connectivity index (χ0n) is 33.1. The number of sulfonamides is 1.